The molecule has 1 fully saturated rings. The first-order valence-electron chi connectivity index (χ1n) is 5.37. The van der Waals surface area contributed by atoms with Crippen LogP contribution in [0.1, 0.15) is 34.8 Å². The summed E-state index contributed by atoms with van der Waals surface area (Å²) in [5.41, 5.74) is 2.34. The third-order valence-electron chi connectivity index (χ3n) is 3.09. The Kier molecular flexibility index (Phi) is 1.80. The van der Waals surface area contributed by atoms with Crippen molar-refractivity contribution in [3.63, 3.8) is 0 Å². The molecule has 1 aromatic heterocycles. The van der Waals surface area contributed by atoms with Crippen LogP contribution in [0.2, 0.25) is 0 Å². The second kappa shape index (κ2) is 3.07. The molecule has 1 N–H and O–H groups in total. The second-order valence-corrected chi connectivity index (χ2v) is 4.32. The molecule has 0 amide bonds. The molecule has 0 atom stereocenters. The van der Waals surface area contributed by atoms with Gasteiger partial charge in [0.15, 0.2) is 0 Å². The van der Waals surface area contributed by atoms with Gasteiger partial charge in [0.2, 0.25) is 0 Å². The normalized spacial score (nSPS) is 15.6. The van der Waals surface area contributed by atoms with Crippen LogP contribution in [-0.4, -0.2) is 20.9 Å². The van der Waals surface area contributed by atoms with Crippen LogP contribution in [0.25, 0.3) is 10.9 Å². The fourth-order valence-corrected chi connectivity index (χ4v) is 2.08. The number of aromatic carboxylic acids is 1. The Bertz CT molecular complexity index is 582. The van der Waals surface area contributed by atoms with Gasteiger partial charge in [-0.2, -0.15) is 5.10 Å². The minimum absolute atomic E-state index is 0.317. The van der Waals surface area contributed by atoms with E-state index in [-0.39, 0.29) is 0 Å². The van der Waals surface area contributed by atoms with E-state index in [9.17, 15) is 4.79 Å². The summed E-state index contributed by atoms with van der Waals surface area (Å²) < 4.78 is 1.77. The fraction of sp³-hybridized carbons (Fsp3) is 0.333. The van der Waals surface area contributed by atoms with Crippen molar-refractivity contribution in [2.75, 3.05) is 0 Å². The highest BCUT2D eigenvalue weighted by molar-refractivity contribution is 5.94. The minimum atomic E-state index is -0.893. The lowest BCUT2D eigenvalue weighted by molar-refractivity contribution is 0.0697. The molecular formula is C12H12N2O2. The lowest BCUT2D eigenvalue weighted by Gasteiger charge is -1.97. The maximum absolute atomic E-state index is 10.9. The Morgan fingerprint density at radius 2 is 2.25 bits per heavy atom. The molecule has 0 radical (unpaired) electrons. The summed E-state index contributed by atoms with van der Waals surface area (Å²) in [6.45, 7) is 0. The smallest absolute Gasteiger partial charge is 0.335 e. The quantitative estimate of drug-likeness (QED) is 0.836. The van der Waals surface area contributed by atoms with Crippen molar-refractivity contribution in [3.8, 4) is 0 Å². The number of hydrogen-bond acceptors (Lipinski definition) is 2. The zero-order valence-electron chi connectivity index (χ0n) is 8.97. The number of aromatic nitrogens is 2. The number of carboxylic acid groups (broad SMARTS) is 1. The average molecular weight is 216 g/mol. The van der Waals surface area contributed by atoms with Gasteiger partial charge in [0.25, 0.3) is 0 Å². The molecule has 0 unspecified atom stereocenters. The van der Waals surface area contributed by atoms with Crippen molar-refractivity contribution in [1.82, 2.24) is 9.78 Å². The predicted octanol–water partition coefficient (Wildman–Crippen LogP) is 2.15. The summed E-state index contributed by atoms with van der Waals surface area (Å²) in [5.74, 6) is -0.310. The molecule has 0 aliphatic heterocycles. The van der Waals surface area contributed by atoms with Crippen LogP contribution >= 0.6 is 0 Å². The number of carboxylic acids is 1. The van der Waals surface area contributed by atoms with E-state index in [1.54, 1.807) is 16.8 Å². The molecule has 4 heteroatoms. The minimum Gasteiger partial charge on any atom is -0.478 e. The van der Waals surface area contributed by atoms with Gasteiger partial charge in [0.05, 0.1) is 16.8 Å². The molecule has 0 saturated heterocycles. The Morgan fingerprint density at radius 1 is 1.50 bits per heavy atom. The zero-order valence-corrected chi connectivity index (χ0v) is 8.97. The third kappa shape index (κ3) is 1.30. The van der Waals surface area contributed by atoms with Gasteiger partial charge in [0.1, 0.15) is 0 Å². The topological polar surface area (TPSA) is 55.1 Å². The van der Waals surface area contributed by atoms with E-state index in [0.29, 0.717) is 11.5 Å². The highest BCUT2D eigenvalue weighted by Crippen LogP contribution is 2.42. The summed E-state index contributed by atoms with van der Waals surface area (Å²) in [4.78, 5) is 10.9. The van der Waals surface area contributed by atoms with Gasteiger partial charge in [-0.05, 0) is 25.0 Å². The first-order chi connectivity index (χ1) is 7.66. The van der Waals surface area contributed by atoms with Gasteiger partial charge in [-0.3, -0.25) is 4.68 Å². The number of carbonyl (C=O) groups is 1. The zero-order chi connectivity index (χ0) is 11.3. The first-order valence-corrected chi connectivity index (χ1v) is 5.37. The SMILES string of the molecule is Cn1nc(C2CC2)c2ccc(C(=O)O)cc21. The molecule has 1 heterocycles. The van der Waals surface area contributed by atoms with Gasteiger partial charge in [0, 0.05) is 18.4 Å². The molecule has 1 aliphatic rings. The molecule has 82 valence electrons. The van der Waals surface area contributed by atoms with Crippen LogP contribution in [0.5, 0.6) is 0 Å². The van der Waals surface area contributed by atoms with E-state index < -0.39 is 5.97 Å². The van der Waals surface area contributed by atoms with Crippen LogP contribution in [0.4, 0.5) is 0 Å². The number of rotatable bonds is 2. The first kappa shape index (κ1) is 9.39. The standard InChI is InChI=1S/C12H12N2O2/c1-14-10-6-8(12(15)16)4-5-9(10)11(13-14)7-2-3-7/h4-7H,2-3H2,1H3,(H,15,16). The van der Waals surface area contributed by atoms with Gasteiger partial charge in [-0.1, -0.05) is 6.07 Å². The second-order valence-electron chi connectivity index (χ2n) is 4.32. The molecule has 1 saturated carbocycles. The summed E-state index contributed by atoms with van der Waals surface area (Å²) in [6.07, 6.45) is 2.40. The number of fused-ring (bicyclic) bond motifs is 1. The van der Waals surface area contributed by atoms with Crippen molar-refractivity contribution in [1.29, 1.82) is 0 Å². The Labute approximate surface area is 92.5 Å². The maximum atomic E-state index is 10.9. The monoisotopic (exact) mass is 216 g/mol. The Balaban J connectivity index is 2.24. The summed E-state index contributed by atoms with van der Waals surface area (Å²) in [7, 11) is 1.86. The highest BCUT2D eigenvalue weighted by atomic mass is 16.4. The Morgan fingerprint density at radius 3 is 2.88 bits per heavy atom. The number of nitrogens with zero attached hydrogens (tertiary/aromatic N) is 2. The molecule has 16 heavy (non-hydrogen) atoms. The van der Waals surface area contributed by atoms with Crippen LogP contribution in [-0.2, 0) is 7.05 Å². The van der Waals surface area contributed by atoms with E-state index in [2.05, 4.69) is 5.10 Å². The molecular weight excluding hydrogens is 204 g/mol. The van der Waals surface area contributed by atoms with Gasteiger partial charge in [-0.15, -0.1) is 0 Å². The van der Waals surface area contributed by atoms with Crippen LogP contribution in [0.15, 0.2) is 18.2 Å². The lowest BCUT2D eigenvalue weighted by atomic mass is 10.1. The van der Waals surface area contributed by atoms with E-state index in [4.69, 9.17) is 5.11 Å². The summed E-state index contributed by atoms with van der Waals surface area (Å²) in [6, 6.07) is 5.22. The summed E-state index contributed by atoms with van der Waals surface area (Å²) in [5, 5.41) is 14.5. The number of benzene rings is 1. The molecule has 0 bridgehead atoms. The van der Waals surface area contributed by atoms with Gasteiger partial charge in [-0.25, -0.2) is 4.79 Å². The molecule has 0 spiro atoms. The predicted molar refractivity (Wildman–Crippen MR) is 59.6 cm³/mol. The molecule has 2 aromatic rings. The Hall–Kier alpha value is -1.84. The molecule has 3 rings (SSSR count). The van der Waals surface area contributed by atoms with Crippen molar-refractivity contribution in [2.24, 2.45) is 7.05 Å². The molecule has 1 aromatic carbocycles. The molecule has 4 nitrogen and oxygen atoms in total. The highest BCUT2D eigenvalue weighted by Gasteiger charge is 2.28. The molecule has 1 aliphatic carbocycles. The van der Waals surface area contributed by atoms with E-state index in [0.717, 1.165) is 16.6 Å². The average Bonchev–Trinajstić information content (AvgIpc) is 3.04. The third-order valence-corrected chi connectivity index (χ3v) is 3.09. The van der Waals surface area contributed by atoms with Crippen LogP contribution in [0.3, 0.4) is 0 Å². The number of aryl methyl sites for hydroxylation is 1. The summed E-state index contributed by atoms with van der Waals surface area (Å²) >= 11 is 0. The van der Waals surface area contributed by atoms with E-state index >= 15 is 0 Å². The van der Waals surface area contributed by atoms with E-state index in [1.807, 2.05) is 13.1 Å². The maximum Gasteiger partial charge on any atom is 0.335 e. The van der Waals surface area contributed by atoms with Crippen LogP contribution < -0.4 is 0 Å². The number of hydrogen-bond donors (Lipinski definition) is 1. The van der Waals surface area contributed by atoms with Gasteiger partial charge < -0.3 is 5.11 Å². The van der Waals surface area contributed by atoms with E-state index in [1.165, 1.54) is 12.8 Å². The van der Waals surface area contributed by atoms with Crippen molar-refractivity contribution in [2.45, 2.75) is 18.8 Å². The van der Waals surface area contributed by atoms with Crippen molar-refractivity contribution >= 4 is 16.9 Å². The fourth-order valence-electron chi connectivity index (χ4n) is 2.08. The van der Waals surface area contributed by atoms with Crippen molar-refractivity contribution < 1.29 is 9.90 Å². The van der Waals surface area contributed by atoms with Crippen LogP contribution in [0, 0.1) is 0 Å². The van der Waals surface area contributed by atoms with Crippen molar-refractivity contribution in [3.05, 3.63) is 29.5 Å². The lowest BCUT2D eigenvalue weighted by Crippen LogP contribution is -1.96. The van der Waals surface area contributed by atoms with Gasteiger partial charge >= 0.3 is 5.97 Å². The largest absolute Gasteiger partial charge is 0.478 e.